The Labute approximate surface area is 132 Å². The molecule has 20 heavy (non-hydrogen) atoms. The molecule has 1 atom stereocenters. The van der Waals surface area contributed by atoms with Gasteiger partial charge in [-0.25, -0.2) is 0 Å². The Kier molecular flexibility index (Phi) is 5.46. The fourth-order valence-corrected chi connectivity index (χ4v) is 2.53. The Morgan fingerprint density at radius 2 is 1.90 bits per heavy atom. The van der Waals surface area contributed by atoms with Crippen molar-refractivity contribution in [3.8, 4) is 5.75 Å². The van der Waals surface area contributed by atoms with Gasteiger partial charge in [0, 0.05) is 21.5 Å². The highest BCUT2D eigenvalue weighted by molar-refractivity contribution is 9.10. The molecule has 0 amide bonds. The molecule has 0 aliphatic carbocycles. The minimum atomic E-state index is -0.616. The molecule has 106 valence electrons. The second kappa shape index (κ2) is 7.11. The lowest BCUT2D eigenvalue weighted by molar-refractivity contribution is 0.172. The van der Waals surface area contributed by atoms with E-state index < -0.39 is 6.10 Å². The van der Waals surface area contributed by atoms with Crippen molar-refractivity contribution in [2.75, 3.05) is 6.61 Å². The second-order valence-electron chi connectivity index (χ2n) is 4.46. The topological polar surface area (TPSA) is 29.5 Å². The summed E-state index contributed by atoms with van der Waals surface area (Å²) in [4.78, 5) is 0. The highest BCUT2D eigenvalue weighted by Crippen LogP contribution is 2.30. The first-order valence-electron chi connectivity index (χ1n) is 6.45. The van der Waals surface area contributed by atoms with Gasteiger partial charge in [0.2, 0.25) is 0 Å². The number of aliphatic hydroxyl groups excluding tert-OH is 1. The summed E-state index contributed by atoms with van der Waals surface area (Å²) in [5.41, 5.74) is 1.82. The van der Waals surface area contributed by atoms with Crippen LogP contribution in [0.2, 0.25) is 5.02 Å². The molecule has 2 aromatic rings. The van der Waals surface area contributed by atoms with Crippen LogP contribution in [-0.2, 0) is 6.42 Å². The quantitative estimate of drug-likeness (QED) is 0.836. The molecule has 0 aromatic heterocycles. The molecule has 0 heterocycles. The van der Waals surface area contributed by atoms with Crippen molar-refractivity contribution in [3.05, 3.63) is 63.1 Å². The van der Waals surface area contributed by atoms with Gasteiger partial charge >= 0.3 is 0 Å². The first-order valence-corrected chi connectivity index (χ1v) is 7.62. The summed E-state index contributed by atoms with van der Waals surface area (Å²) in [6.45, 7) is 2.50. The predicted octanol–water partition coefficient (Wildman–Crippen LogP) is 4.78. The lowest BCUT2D eigenvalue weighted by Crippen LogP contribution is -2.05. The van der Waals surface area contributed by atoms with Crippen LogP contribution in [0.5, 0.6) is 5.75 Å². The molecule has 0 saturated carbocycles. The van der Waals surface area contributed by atoms with Crippen LogP contribution in [0.4, 0.5) is 0 Å². The normalized spacial score (nSPS) is 12.2. The average Bonchev–Trinajstić information content (AvgIpc) is 2.43. The first-order chi connectivity index (χ1) is 9.60. The molecule has 0 aliphatic rings. The number of hydrogen-bond donors (Lipinski definition) is 1. The molecule has 4 heteroatoms. The number of rotatable bonds is 5. The van der Waals surface area contributed by atoms with E-state index in [1.165, 1.54) is 0 Å². The third-order valence-electron chi connectivity index (χ3n) is 2.97. The summed E-state index contributed by atoms with van der Waals surface area (Å²) in [5, 5.41) is 11.1. The van der Waals surface area contributed by atoms with Crippen molar-refractivity contribution in [2.45, 2.75) is 19.4 Å². The summed E-state index contributed by atoms with van der Waals surface area (Å²) in [5.74, 6) is 0.720. The fourth-order valence-electron chi connectivity index (χ4n) is 2.02. The number of halogens is 2. The maximum atomic E-state index is 10.4. The molecule has 2 aromatic carbocycles. The molecule has 0 radical (unpaired) electrons. The zero-order valence-corrected chi connectivity index (χ0v) is 13.5. The molecule has 0 fully saturated rings. The van der Waals surface area contributed by atoms with Gasteiger partial charge in [-0.3, -0.25) is 0 Å². The number of benzene rings is 2. The van der Waals surface area contributed by atoms with Gasteiger partial charge in [-0.1, -0.05) is 39.7 Å². The van der Waals surface area contributed by atoms with Gasteiger partial charge in [0.15, 0.2) is 0 Å². The van der Waals surface area contributed by atoms with Gasteiger partial charge in [0.05, 0.1) is 12.7 Å². The summed E-state index contributed by atoms with van der Waals surface area (Å²) in [7, 11) is 0. The van der Waals surface area contributed by atoms with E-state index in [4.69, 9.17) is 16.3 Å². The Morgan fingerprint density at radius 1 is 1.20 bits per heavy atom. The maximum Gasteiger partial charge on any atom is 0.125 e. The molecule has 2 rings (SSSR count). The van der Waals surface area contributed by atoms with Gasteiger partial charge in [-0.15, -0.1) is 0 Å². The van der Waals surface area contributed by atoms with E-state index in [2.05, 4.69) is 15.9 Å². The Morgan fingerprint density at radius 3 is 2.55 bits per heavy atom. The predicted molar refractivity (Wildman–Crippen MR) is 85.4 cm³/mol. The molecule has 1 N–H and O–H groups in total. The lowest BCUT2D eigenvalue weighted by atomic mass is 10.0. The molecule has 0 aliphatic heterocycles. The van der Waals surface area contributed by atoms with E-state index in [1.807, 2.05) is 49.4 Å². The van der Waals surface area contributed by atoms with Gasteiger partial charge < -0.3 is 9.84 Å². The van der Waals surface area contributed by atoms with Crippen molar-refractivity contribution in [2.24, 2.45) is 0 Å². The van der Waals surface area contributed by atoms with Crippen LogP contribution in [0.1, 0.15) is 24.2 Å². The Balaban J connectivity index is 2.21. The van der Waals surface area contributed by atoms with Crippen LogP contribution < -0.4 is 4.74 Å². The lowest BCUT2D eigenvalue weighted by Gasteiger charge is -2.16. The third kappa shape index (κ3) is 3.98. The third-order valence-corrected chi connectivity index (χ3v) is 3.72. The van der Waals surface area contributed by atoms with E-state index in [1.54, 1.807) is 0 Å². The van der Waals surface area contributed by atoms with Crippen molar-refractivity contribution in [3.63, 3.8) is 0 Å². The summed E-state index contributed by atoms with van der Waals surface area (Å²) >= 11 is 9.29. The van der Waals surface area contributed by atoms with Crippen molar-refractivity contribution < 1.29 is 9.84 Å². The zero-order chi connectivity index (χ0) is 14.5. The summed E-state index contributed by atoms with van der Waals surface area (Å²) < 4.78 is 6.49. The van der Waals surface area contributed by atoms with Crippen LogP contribution >= 0.6 is 27.5 Å². The van der Waals surface area contributed by atoms with Gasteiger partial charge in [-0.2, -0.15) is 0 Å². The van der Waals surface area contributed by atoms with Crippen molar-refractivity contribution in [1.82, 2.24) is 0 Å². The number of aliphatic hydroxyl groups is 1. The Bertz CT molecular complexity index is 569. The van der Waals surface area contributed by atoms with Crippen LogP contribution in [0.3, 0.4) is 0 Å². The van der Waals surface area contributed by atoms with Gasteiger partial charge in [0.1, 0.15) is 5.75 Å². The van der Waals surface area contributed by atoms with Crippen LogP contribution in [0, 0.1) is 0 Å². The van der Waals surface area contributed by atoms with Gasteiger partial charge in [0.25, 0.3) is 0 Å². The van der Waals surface area contributed by atoms with Crippen LogP contribution in [0.25, 0.3) is 0 Å². The van der Waals surface area contributed by atoms with Gasteiger partial charge in [-0.05, 0) is 42.8 Å². The molecular weight excluding hydrogens is 340 g/mol. The number of hydrogen-bond acceptors (Lipinski definition) is 2. The molecular formula is C16H16BrClO2. The smallest absolute Gasteiger partial charge is 0.125 e. The maximum absolute atomic E-state index is 10.4. The average molecular weight is 356 g/mol. The SMILES string of the molecule is CCOc1ccc(Br)cc1C(O)Cc1ccc(Cl)cc1. The summed E-state index contributed by atoms with van der Waals surface area (Å²) in [6, 6.07) is 13.2. The van der Waals surface area contributed by atoms with E-state index in [0.29, 0.717) is 18.1 Å². The second-order valence-corrected chi connectivity index (χ2v) is 5.81. The van der Waals surface area contributed by atoms with Crippen molar-refractivity contribution in [1.29, 1.82) is 0 Å². The van der Waals surface area contributed by atoms with E-state index in [9.17, 15) is 5.11 Å². The standard InChI is InChI=1S/C16H16BrClO2/c1-2-20-16-8-5-12(17)10-14(16)15(19)9-11-3-6-13(18)7-4-11/h3-8,10,15,19H,2,9H2,1H3. The minimum absolute atomic E-state index is 0.522. The molecule has 2 nitrogen and oxygen atoms in total. The molecule has 0 spiro atoms. The van der Waals surface area contributed by atoms with Crippen LogP contribution in [-0.4, -0.2) is 11.7 Å². The summed E-state index contributed by atoms with van der Waals surface area (Å²) in [6.07, 6.45) is -0.0940. The number of ether oxygens (including phenoxy) is 1. The molecule has 1 unspecified atom stereocenters. The van der Waals surface area contributed by atoms with Crippen molar-refractivity contribution >= 4 is 27.5 Å². The monoisotopic (exact) mass is 354 g/mol. The Hall–Kier alpha value is -1.03. The highest BCUT2D eigenvalue weighted by atomic mass is 79.9. The first kappa shape index (κ1) is 15.4. The van der Waals surface area contributed by atoms with E-state index in [-0.39, 0.29) is 0 Å². The van der Waals surface area contributed by atoms with Crippen LogP contribution in [0.15, 0.2) is 46.9 Å². The molecule has 0 bridgehead atoms. The fraction of sp³-hybridized carbons (Fsp3) is 0.250. The minimum Gasteiger partial charge on any atom is -0.493 e. The molecule has 0 saturated heterocycles. The largest absolute Gasteiger partial charge is 0.493 e. The van der Waals surface area contributed by atoms with E-state index >= 15 is 0 Å². The van der Waals surface area contributed by atoms with E-state index in [0.717, 1.165) is 21.3 Å². The zero-order valence-electron chi connectivity index (χ0n) is 11.1. The highest BCUT2D eigenvalue weighted by Gasteiger charge is 2.14.